The zero-order valence-electron chi connectivity index (χ0n) is 17.7. The average Bonchev–Trinajstić information content (AvgIpc) is 2.94. The molecular weight excluding hydrogens is 344 g/mol. The second kappa shape index (κ2) is 7.17. The van der Waals surface area contributed by atoms with Crippen LogP contribution in [0.3, 0.4) is 0 Å². The van der Waals surface area contributed by atoms with E-state index in [0.29, 0.717) is 0 Å². The lowest BCUT2D eigenvalue weighted by Crippen LogP contribution is -2.32. The van der Waals surface area contributed by atoms with Crippen molar-refractivity contribution in [2.45, 2.75) is 59.5 Å². The fraction of sp³-hybridized carbons (Fsp3) is 0.417. The summed E-state index contributed by atoms with van der Waals surface area (Å²) in [7, 11) is 0. The number of hydrogen-bond acceptors (Lipinski definition) is 3. The van der Waals surface area contributed by atoms with Gasteiger partial charge in [0.05, 0.1) is 0 Å². The van der Waals surface area contributed by atoms with Crippen LogP contribution in [-0.2, 0) is 24.9 Å². The van der Waals surface area contributed by atoms with E-state index >= 15 is 0 Å². The SMILES string of the molecule is Cc1cc(CN2CCc3nc(C(C)(C)C)ncc3C2)c(C)n1-c1ccccc1. The van der Waals surface area contributed by atoms with Gasteiger partial charge in [-0.05, 0) is 37.6 Å². The molecule has 0 fully saturated rings. The van der Waals surface area contributed by atoms with Gasteiger partial charge in [0, 0.05) is 66.0 Å². The van der Waals surface area contributed by atoms with Crippen molar-refractivity contribution in [2.24, 2.45) is 0 Å². The number of aromatic nitrogens is 3. The molecule has 146 valence electrons. The van der Waals surface area contributed by atoms with Crippen molar-refractivity contribution < 1.29 is 0 Å². The van der Waals surface area contributed by atoms with E-state index in [1.54, 1.807) is 0 Å². The van der Waals surface area contributed by atoms with Crippen LogP contribution in [0.4, 0.5) is 0 Å². The van der Waals surface area contributed by atoms with Crippen molar-refractivity contribution in [3.8, 4) is 5.69 Å². The van der Waals surface area contributed by atoms with Crippen molar-refractivity contribution in [1.29, 1.82) is 0 Å². The summed E-state index contributed by atoms with van der Waals surface area (Å²) < 4.78 is 2.35. The van der Waals surface area contributed by atoms with Gasteiger partial charge in [-0.25, -0.2) is 9.97 Å². The molecule has 0 amide bonds. The van der Waals surface area contributed by atoms with Crippen LogP contribution in [0.25, 0.3) is 5.69 Å². The van der Waals surface area contributed by atoms with E-state index in [9.17, 15) is 0 Å². The number of nitrogens with zero attached hydrogens (tertiary/aromatic N) is 4. The monoisotopic (exact) mass is 374 g/mol. The van der Waals surface area contributed by atoms with Gasteiger partial charge >= 0.3 is 0 Å². The largest absolute Gasteiger partial charge is 0.318 e. The van der Waals surface area contributed by atoms with Crippen molar-refractivity contribution in [3.05, 3.63) is 76.6 Å². The molecule has 28 heavy (non-hydrogen) atoms. The fourth-order valence-electron chi connectivity index (χ4n) is 4.08. The maximum absolute atomic E-state index is 4.86. The van der Waals surface area contributed by atoms with Crippen molar-refractivity contribution >= 4 is 0 Å². The minimum absolute atomic E-state index is 0.00114. The Labute approximate surface area is 168 Å². The second-order valence-electron chi connectivity index (χ2n) is 8.94. The van der Waals surface area contributed by atoms with E-state index in [0.717, 1.165) is 31.9 Å². The average molecular weight is 375 g/mol. The Morgan fingerprint density at radius 2 is 1.82 bits per heavy atom. The molecule has 0 atom stereocenters. The van der Waals surface area contributed by atoms with Gasteiger partial charge in [-0.3, -0.25) is 4.90 Å². The standard InChI is InChI=1S/C24H30N4/c1-17-13-19(18(2)28(17)21-9-7-6-8-10-21)15-27-12-11-22-20(16-27)14-25-23(26-22)24(3,4)5/h6-10,13-14H,11-12,15-16H2,1-5H3. The zero-order chi connectivity index (χ0) is 19.9. The minimum atomic E-state index is 0.00114. The molecule has 3 heterocycles. The third-order valence-electron chi connectivity index (χ3n) is 5.63. The summed E-state index contributed by atoms with van der Waals surface area (Å²) in [4.78, 5) is 12.0. The number of rotatable bonds is 3. The molecular formula is C24H30N4. The van der Waals surface area contributed by atoms with E-state index < -0.39 is 0 Å². The van der Waals surface area contributed by atoms with Gasteiger partial charge in [0.15, 0.2) is 0 Å². The van der Waals surface area contributed by atoms with Gasteiger partial charge in [-0.1, -0.05) is 39.0 Å². The molecule has 1 aromatic carbocycles. The predicted octanol–water partition coefficient (Wildman–Crippen LogP) is 4.74. The maximum atomic E-state index is 4.86. The van der Waals surface area contributed by atoms with E-state index in [2.05, 4.69) is 85.5 Å². The molecule has 0 N–H and O–H groups in total. The van der Waals surface area contributed by atoms with Gasteiger partial charge in [0.25, 0.3) is 0 Å². The molecule has 0 aliphatic carbocycles. The molecule has 4 rings (SSSR count). The van der Waals surface area contributed by atoms with E-state index in [1.165, 1.54) is 33.9 Å². The topological polar surface area (TPSA) is 34.0 Å². The van der Waals surface area contributed by atoms with Crippen LogP contribution in [-0.4, -0.2) is 26.0 Å². The Kier molecular flexibility index (Phi) is 4.84. The van der Waals surface area contributed by atoms with Gasteiger partial charge in [0.2, 0.25) is 0 Å². The van der Waals surface area contributed by atoms with Crippen LogP contribution in [0.15, 0.2) is 42.6 Å². The van der Waals surface area contributed by atoms with Crippen LogP contribution in [0.2, 0.25) is 0 Å². The van der Waals surface area contributed by atoms with Gasteiger partial charge < -0.3 is 4.57 Å². The summed E-state index contributed by atoms with van der Waals surface area (Å²) in [6.07, 6.45) is 3.04. The normalized spacial score (nSPS) is 14.9. The third-order valence-corrected chi connectivity index (χ3v) is 5.63. The Balaban J connectivity index is 1.54. The van der Waals surface area contributed by atoms with Crippen LogP contribution >= 0.6 is 0 Å². The highest BCUT2D eigenvalue weighted by atomic mass is 15.1. The Bertz CT molecular complexity index is 980. The first-order chi connectivity index (χ1) is 13.3. The van der Waals surface area contributed by atoms with Crippen LogP contribution < -0.4 is 0 Å². The molecule has 4 heteroatoms. The summed E-state index contributed by atoms with van der Waals surface area (Å²) in [6.45, 7) is 13.9. The first-order valence-corrected chi connectivity index (χ1v) is 10.1. The van der Waals surface area contributed by atoms with E-state index in [1.807, 2.05) is 6.20 Å². The molecule has 4 nitrogen and oxygen atoms in total. The molecule has 0 radical (unpaired) electrons. The number of fused-ring (bicyclic) bond motifs is 1. The number of hydrogen-bond donors (Lipinski definition) is 0. The lowest BCUT2D eigenvalue weighted by molar-refractivity contribution is 0.241. The third kappa shape index (κ3) is 3.61. The highest BCUT2D eigenvalue weighted by molar-refractivity contribution is 5.41. The van der Waals surface area contributed by atoms with Gasteiger partial charge in [-0.2, -0.15) is 0 Å². The number of benzene rings is 1. The highest BCUT2D eigenvalue weighted by Crippen LogP contribution is 2.26. The lowest BCUT2D eigenvalue weighted by atomic mass is 9.95. The zero-order valence-corrected chi connectivity index (χ0v) is 17.7. The predicted molar refractivity (Wildman–Crippen MR) is 114 cm³/mol. The molecule has 0 bridgehead atoms. The van der Waals surface area contributed by atoms with Crippen LogP contribution in [0, 0.1) is 13.8 Å². The first-order valence-electron chi connectivity index (χ1n) is 10.1. The maximum Gasteiger partial charge on any atom is 0.133 e. The summed E-state index contributed by atoms with van der Waals surface area (Å²) in [5, 5.41) is 0. The van der Waals surface area contributed by atoms with E-state index in [-0.39, 0.29) is 5.41 Å². The molecule has 0 saturated heterocycles. The highest BCUT2D eigenvalue weighted by Gasteiger charge is 2.23. The quantitative estimate of drug-likeness (QED) is 0.664. The Morgan fingerprint density at radius 1 is 1.07 bits per heavy atom. The van der Waals surface area contributed by atoms with Crippen LogP contribution in [0.1, 0.15) is 54.8 Å². The smallest absolute Gasteiger partial charge is 0.133 e. The molecule has 2 aromatic heterocycles. The lowest BCUT2D eigenvalue weighted by Gasteiger charge is -2.29. The summed E-state index contributed by atoms with van der Waals surface area (Å²) in [5.41, 5.74) is 7.75. The second-order valence-corrected chi connectivity index (χ2v) is 8.94. The molecule has 0 saturated carbocycles. The number of para-hydroxylation sites is 1. The molecule has 1 aliphatic heterocycles. The fourth-order valence-corrected chi connectivity index (χ4v) is 4.08. The summed E-state index contributed by atoms with van der Waals surface area (Å²) >= 11 is 0. The Hall–Kier alpha value is -2.46. The van der Waals surface area contributed by atoms with E-state index in [4.69, 9.17) is 4.98 Å². The summed E-state index contributed by atoms with van der Waals surface area (Å²) in [6, 6.07) is 12.9. The first kappa shape index (κ1) is 18.9. The van der Waals surface area contributed by atoms with Gasteiger partial charge in [-0.15, -0.1) is 0 Å². The molecule has 3 aromatic rings. The molecule has 1 aliphatic rings. The van der Waals surface area contributed by atoms with Gasteiger partial charge in [0.1, 0.15) is 5.82 Å². The number of aryl methyl sites for hydroxylation is 1. The van der Waals surface area contributed by atoms with Crippen molar-refractivity contribution in [3.63, 3.8) is 0 Å². The minimum Gasteiger partial charge on any atom is -0.318 e. The van der Waals surface area contributed by atoms with Crippen molar-refractivity contribution in [1.82, 2.24) is 19.4 Å². The molecule has 0 spiro atoms. The summed E-state index contributed by atoms with van der Waals surface area (Å²) in [5.74, 6) is 0.950. The van der Waals surface area contributed by atoms with Crippen molar-refractivity contribution in [2.75, 3.05) is 6.54 Å². The van der Waals surface area contributed by atoms with Crippen LogP contribution in [0.5, 0.6) is 0 Å². The Morgan fingerprint density at radius 3 is 2.54 bits per heavy atom. The molecule has 0 unspecified atom stereocenters.